The molecule has 0 N–H and O–H groups in total. The number of carbonyl (C=O) groups is 1. The second-order valence-corrected chi connectivity index (χ2v) is 5.62. The van der Waals surface area contributed by atoms with Crippen molar-refractivity contribution in [3.63, 3.8) is 0 Å². The first-order valence-electron chi connectivity index (χ1n) is 6.77. The Morgan fingerprint density at radius 1 is 1.39 bits per heavy atom. The average molecular weight is 246 g/mol. The fourth-order valence-corrected chi connectivity index (χ4v) is 2.43. The summed E-state index contributed by atoms with van der Waals surface area (Å²) >= 11 is 0. The van der Waals surface area contributed by atoms with Crippen LogP contribution in [0.1, 0.15) is 49.3 Å². The molecule has 0 aromatic carbocycles. The van der Waals surface area contributed by atoms with Gasteiger partial charge in [-0.3, -0.25) is 4.79 Å². The lowest BCUT2D eigenvalue weighted by atomic mass is 9.78. The molecule has 1 amide bonds. The van der Waals surface area contributed by atoms with Gasteiger partial charge in [-0.15, -0.1) is 0 Å². The van der Waals surface area contributed by atoms with Crippen molar-refractivity contribution in [3.8, 4) is 0 Å². The predicted octanol–water partition coefficient (Wildman–Crippen LogP) is 3.04. The molecule has 0 saturated carbocycles. The maximum atomic E-state index is 12.3. The lowest BCUT2D eigenvalue weighted by Crippen LogP contribution is -2.42. The van der Waals surface area contributed by atoms with E-state index in [0.29, 0.717) is 11.1 Å². The zero-order valence-electron chi connectivity index (χ0n) is 11.6. The number of likely N-dealkylation sites (tertiary alicyclic amines) is 1. The SMILES string of the molecule is CCC1(C)CCN(C(=O)c2cccc(C)n2)CC1. The van der Waals surface area contributed by atoms with Crippen LogP contribution in [0.25, 0.3) is 0 Å². The number of piperidine rings is 1. The Bertz CT molecular complexity index is 434. The molecule has 2 heterocycles. The Morgan fingerprint density at radius 2 is 2.06 bits per heavy atom. The Kier molecular flexibility index (Phi) is 3.69. The van der Waals surface area contributed by atoms with Gasteiger partial charge in [0.15, 0.2) is 0 Å². The summed E-state index contributed by atoms with van der Waals surface area (Å²) in [7, 11) is 0. The van der Waals surface area contributed by atoms with Crippen molar-refractivity contribution in [1.82, 2.24) is 9.88 Å². The molecule has 1 saturated heterocycles. The number of carbonyl (C=O) groups excluding carboxylic acids is 1. The van der Waals surface area contributed by atoms with Gasteiger partial charge in [-0.1, -0.05) is 26.3 Å². The van der Waals surface area contributed by atoms with E-state index in [9.17, 15) is 4.79 Å². The average Bonchev–Trinajstić information content (AvgIpc) is 2.39. The van der Waals surface area contributed by atoms with Gasteiger partial charge in [0.05, 0.1) is 0 Å². The van der Waals surface area contributed by atoms with E-state index >= 15 is 0 Å². The van der Waals surface area contributed by atoms with E-state index in [0.717, 1.165) is 31.6 Å². The van der Waals surface area contributed by atoms with Crippen LogP contribution >= 0.6 is 0 Å². The summed E-state index contributed by atoms with van der Waals surface area (Å²) in [6.45, 7) is 8.19. The van der Waals surface area contributed by atoms with Crippen molar-refractivity contribution < 1.29 is 4.79 Å². The molecule has 0 unspecified atom stereocenters. The highest BCUT2D eigenvalue weighted by Gasteiger charge is 2.30. The van der Waals surface area contributed by atoms with Gasteiger partial charge in [0, 0.05) is 18.8 Å². The molecule has 1 aliphatic rings. The number of amides is 1. The number of hydrogen-bond acceptors (Lipinski definition) is 2. The van der Waals surface area contributed by atoms with Crippen LogP contribution < -0.4 is 0 Å². The van der Waals surface area contributed by atoms with Gasteiger partial charge in [0.25, 0.3) is 5.91 Å². The minimum Gasteiger partial charge on any atom is -0.337 e. The molecule has 3 nitrogen and oxygen atoms in total. The molecule has 1 aromatic heterocycles. The zero-order chi connectivity index (χ0) is 13.2. The van der Waals surface area contributed by atoms with E-state index < -0.39 is 0 Å². The maximum absolute atomic E-state index is 12.3. The van der Waals surface area contributed by atoms with Gasteiger partial charge in [-0.2, -0.15) is 0 Å². The molecule has 98 valence electrons. The van der Waals surface area contributed by atoms with Crippen LogP contribution in [0.5, 0.6) is 0 Å². The van der Waals surface area contributed by atoms with Crippen molar-refractivity contribution in [2.24, 2.45) is 5.41 Å². The van der Waals surface area contributed by atoms with Crippen LogP contribution in [0.4, 0.5) is 0 Å². The molecule has 3 heteroatoms. The molecular formula is C15H22N2O. The van der Waals surface area contributed by atoms with Crippen LogP contribution in [0.3, 0.4) is 0 Å². The summed E-state index contributed by atoms with van der Waals surface area (Å²) in [6.07, 6.45) is 3.39. The maximum Gasteiger partial charge on any atom is 0.272 e. The minimum atomic E-state index is 0.0804. The third kappa shape index (κ3) is 2.71. The Morgan fingerprint density at radius 3 is 2.61 bits per heavy atom. The van der Waals surface area contributed by atoms with Crippen LogP contribution in [-0.2, 0) is 0 Å². The molecule has 1 aromatic rings. The van der Waals surface area contributed by atoms with Crippen LogP contribution in [-0.4, -0.2) is 28.9 Å². The highest BCUT2D eigenvalue weighted by atomic mass is 16.2. The Labute approximate surface area is 109 Å². The van der Waals surface area contributed by atoms with Crippen molar-refractivity contribution in [1.29, 1.82) is 0 Å². The molecule has 0 atom stereocenters. The number of rotatable bonds is 2. The highest BCUT2D eigenvalue weighted by Crippen LogP contribution is 2.34. The Hall–Kier alpha value is -1.38. The van der Waals surface area contributed by atoms with E-state index in [1.165, 1.54) is 6.42 Å². The molecule has 2 rings (SSSR count). The van der Waals surface area contributed by atoms with Crippen LogP contribution in [0.2, 0.25) is 0 Å². The summed E-state index contributed by atoms with van der Waals surface area (Å²) in [5, 5.41) is 0. The number of hydrogen-bond donors (Lipinski definition) is 0. The van der Waals surface area contributed by atoms with Crippen molar-refractivity contribution in [3.05, 3.63) is 29.6 Å². The van der Waals surface area contributed by atoms with E-state index in [1.54, 1.807) is 0 Å². The van der Waals surface area contributed by atoms with Crippen molar-refractivity contribution in [2.45, 2.75) is 40.0 Å². The van der Waals surface area contributed by atoms with Gasteiger partial charge in [0.1, 0.15) is 5.69 Å². The highest BCUT2D eigenvalue weighted by molar-refractivity contribution is 5.92. The van der Waals surface area contributed by atoms with Gasteiger partial charge in [-0.25, -0.2) is 4.98 Å². The van der Waals surface area contributed by atoms with E-state index in [-0.39, 0.29) is 5.91 Å². The third-order valence-corrected chi connectivity index (χ3v) is 4.22. The monoisotopic (exact) mass is 246 g/mol. The number of nitrogens with zero attached hydrogens (tertiary/aromatic N) is 2. The predicted molar refractivity (Wildman–Crippen MR) is 72.5 cm³/mol. The Balaban J connectivity index is 2.04. The second kappa shape index (κ2) is 5.09. The van der Waals surface area contributed by atoms with Crippen LogP contribution in [0, 0.1) is 12.3 Å². The lowest BCUT2D eigenvalue weighted by Gasteiger charge is -2.38. The molecule has 1 aliphatic heterocycles. The molecule has 0 spiro atoms. The topological polar surface area (TPSA) is 33.2 Å². The fourth-order valence-electron chi connectivity index (χ4n) is 2.43. The second-order valence-electron chi connectivity index (χ2n) is 5.62. The number of aromatic nitrogens is 1. The van der Waals surface area contributed by atoms with E-state index in [4.69, 9.17) is 0 Å². The molecular weight excluding hydrogens is 224 g/mol. The summed E-state index contributed by atoms with van der Waals surface area (Å²) in [6, 6.07) is 5.62. The number of aryl methyl sites for hydroxylation is 1. The molecule has 18 heavy (non-hydrogen) atoms. The third-order valence-electron chi connectivity index (χ3n) is 4.22. The first kappa shape index (κ1) is 13.1. The smallest absolute Gasteiger partial charge is 0.272 e. The van der Waals surface area contributed by atoms with Gasteiger partial charge < -0.3 is 4.90 Å². The fraction of sp³-hybridized carbons (Fsp3) is 0.600. The summed E-state index contributed by atoms with van der Waals surface area (Å²) in [5.41, 5.74) is 1.89. The standard InChI is InChI=1S/C15H22N2O/c1-4-15(3)8-10-17(11-9-15)14(18)13-7-5-6-12(2)16-13/h5-7H,4,8-11H2,1-3H3. The van der Waals surface area contributed by atoms with Crippen LogP contribution in [0.15, 0.2) is 18.2 Å². The van der Waals surface area contributed by atoms with Crippen molar-refractivity contribution in [2.75, 3.05) is 13.1 Å². The quantitative estimate of drug-likeness (QED) is 0.803. The van der Waals surface area contributed by atoms with Gasteiger partial charge in [0.2, 0.25) is 0 Å². The summed E-state index contributed by atoms with van der Waals surface area (Å²) in [4.78, 5) is 18.6. The first-order valence-corrected chi connectivity index (χ1v) is 6.77. The molecule has 0 radical (unpaired) electrons. The van der Waals surface area contributed by atoms with E-state index in [1.807, 2.05) is 30.0 Å². The molecule has 1 fully saturated rings. The summed E-state index contributed by atoms with van der Waals surface area (Å²) < 4.78 is 0. The minimum absolute atomic E-state index is 0.0804. The normalized spacial score (nSPS) is 18.7. The van der Waals surface area contributed by atoms with Crippen molar-refractivity contribution >= 4 is 5.91 Å². The van der Waals surface area contributed by atoms with Gasteiger partial charge >= 0.3 is 0 Å². The largest absolute Gasteiger partial charge is 0.337 e. The molecule has 0 aliphatic carbocycles. The molecule has 0 bridgehead atoms. The summed E-state index contributed by atoms with van der Waals surface area (Å²) in [5.74, 6) is 0.0804. The van der Waals surface area contributed by atoms with E-state index in [2.05, 4.69) is 18.8 Å². The first-order chi connectivity index (χ1) is 8.54. The van der Waals surface area contributed by atoms with Gasteiger partial charge in [-0.05, 0) is 37.3 Å². The lowest BCUT2D eigenvalue weighted by molar-refractivity contribution is 0.0594. The zero-order valence-corrected chi connectivity index (χ0v) is 11.6. The number of pyridine rings is 1.